The van der Waals surface area contributed by atoms with Crippen molar-refractivity contribution in [2.24, 2.45) is 0 Å². The molecule has 0 aliphatic heterocycles. The molecular weight excluding hydrogens is 179 g/mol. The molecule has 0 bridgehead atoms. The van der Waals surface area contributed by atoms with Gasteiger partial charge in [0.1, 0.15) is 6.16 Å². The number of carbonyl (C=O) groups is 1. The van der Waals surface area contributed by atoms with Crippen LogP contribution in [0, 0.1) is 0 Å². The summed E-state index contributed by atoms with van der Waals surface area (Å²) in [5.41, 5.74) is 0. The largest absolute Gasteiger partial charge is 0.481 e. The van der Waals surface area contributed by atoms with Crippen molar-refractivity contribution in [3.8, 4) is 0 Å². The standard InChI is InChI=1S/C7H15O4P/c1-3-5-12(10,11-4-2)6-7(8)9/h3-6H2,1-2H3,(H,8,9). The highest BCUT2D eigenvalue weighted by Gasteiger charge is 2.24. The Morgan fingerprint density at radius 3 is 2.42 bits per heavy atom. The average molecular weight is 194 g/mol. The Hall–Kier alpha value is -0.340. The van der Waals surface area contributed by atoms with Crippen LogP contribution in [0.1, 0.15) is 20.3 Å². The first-order valence-corrected chi connectivity index (χ1v) is 5.98. The summed E-state index contributed by atoms with van der Waals surface area (Å²) in [6.45, 7) is 3.88. The SMILES string of the molecule is CCCP(=O)(CC(=O)O)OCC. The maximum absolute atomic E-state index is 11.6. The Morgan fingerprint density at radius 2 is 2.08 bits per heavy atom. The Labute approximate surface area is 72.4 Å². The van der Waals surface area contributed by atoms with Gasteiger partial charge in [-0.2, -0.15) is 0 Å². The van der Waals surface area contributed by atoms with Crippen LogP contribution in [-0.2, 0) is 13.9 Å². The van der Waals surface area contributed by atoms with Gasteiger partial charge in [-0.15, -0.1) is 0 Å². The molecule has 0 aliphatic carbocycles. The number of carboxylic acids is 1. The van der Waals surface area contributed by atoms with Gasteiger partial charge >= 0.3 is 5.97 Å². The van der Waals surface area contributed by atoms with Gasteiger partial charge in [-0.05, 0) is 13.3 Å². The summed E-state index contributed by atoms with van der Waals surface area (Å²) in [5, 5.41) is 8.45. The van der Waals surface area contributed by atoms with E-state index < -0.39 is 13.3 Å². The summed E-state index contributed by atoms with van der Waals surface area (Å²) in [7, 11) is -2.88. The Balaban J connectivity index is 4.18. The summed E-state index contributed by atoms with van der Waals surface area (Å²) < 4.78 is 16.6. The molecule has 0 heterocycles. The van der Waals surface area contributed by atoms with Crippen molar-refractivity contribution in [2.45, 2.75) is 20.3 Å². The smallest absolute Gasteiger partial charge is 0.313 e. The molecule has 1 N–H and O–H groups in total. The highest BCUT2D eigenvalue weighted by molar-refractivity contribution is 7.59. The molecule has 12 heavy (non-hydrogen) atoms. The summed E-state index contributed by atoms with van der Waals surface area (Å²) in [5.74, 6) is -1.06. The second-order valence-electron chi connectivity index (χ2n) is 2.51. The molecular formula is C7H15O4P. The molecule has 0 saturated carbocycles. The van der Waals surface area contributed by atoms with E-state index in [2.05, 4.69) is 0 Å². The fraction of sp³-hybridized carbons (Fsp3) is 0.857. The molecule has 0 amide bonds. The lowest BCUT2D eigenvalue weighted by Gasteiger charge is -2.14. The number of hydrogen-bond acceptors (Lipinski definition) is 3. The topological polar surface area (TPSA) is 63.6 Å². The summed E-state index contributed by atoms with van der Waals surface area (Å²) in [4.78, 5) is 10.3. The summed E-state index contributed by atoms with van der Waals surface area (Å²) in [6.07, 6.45) is 0.687. The van der Waals surface area contributed by atoms with E-state index in [1.807, 2.05) is 6.92 Å². The van der Waals surface area contributed by atoms with Crippen molar-refractivity contribution in [3.05, 3.63) is 0 Å². The Kier molecular flexibility index (Phi) is 5.18. The minimum absolute atomic E-state index is 0.310. The third kappa shape index (κ3) is 4.52. The third-order valence-corrected chi connectivity index (χ3v) is 3.91. The van der Waals surface area contributed by atoms with Crippen LogP contribution in [0.5, 0.6) is 0 Å². The second kappa shape index (κ2) is 5.33. The Morgan fingerprint density at radius 1 is 1.50 bits per heavy atom. The quantitative estimate of drug-likeness (QED) is 0.655. The lowest BCUT2D eigenvalue weighted by molar-refractivity contribution is -0.134. The van der Waals surface area contributed by atoms with E-state index in [1.54, 1.807) is 6.92 Å². The van der Waals surface area contributed by atoms with Gasteiger partial charge in [0.2, 0.25) is 7.37 Å². The highest BCUT2D eigenvalue weighted by Crippen LogP contribution is 2.46. The molecule has 1 unspecified atom stereocenters. The lowest BCUT2D eigenvalue weighted by atomic mass is 10.6. The minimum atomic E-state index is -2.88. The van der Waals surface area contributed by atoms with Gasteiger partial charge < -0.3 is 9.63 Å². The summed E-state index contributed by atoms with van der Waals surface area (Å²) >= 11 is 0. The summed E-state index contributed by atoms with van der Waals surface area (Å²) in [6, 6.07) is 0. The Bertz CT molecular complexity index is 180. The average Bonchev–Trinajstić information content (AvgIpc) is 1.85. The predicted molar refractivity (Wildman–Crippen MR) is 46.9 cm³/mol. The maximum Gasteiger partial charge on any atom is 0.313 e. The fourth-order valence-electron chi connectivity index (χ4n) is 0.971. The van der Waals surface area contributed by atoms with E-state index >= 15 is 0 Å². The number of hydrogen-bond donors (Lipinski definition) is 1. The van der Waals surface area contributed by atoms with E-state index in [0.29, 0.717) is 19.2 Å². The van der Waals surface area contributed by atoms with Gasteiger partial charge in [0, 0.05) is 6.16 Å². The van der Waals surface area contributed by atoms with Crippen molar-refractivity contribution in [2.75, 3.05) is 18.9 Å². The monoisotopic (exact) mass is 194 g/mol. The van der Waals surface area contributed by atoms with Crippen molar-refractivity contribution in [3.63, 3.8) is 0 Å². The van der Waals surface area contributed by atoms with E-state index in [4.69, 9.17) is 9.63 Å². The molecule has 0 aliphatic rings. The molecule has 0 spiro atoms. The highest BCUT2D eigenvalue weighted by atomic mass is 31.2. The van der Waals surface area contributed by atoms with Crippen LogP contribution >= 0.6 is 7.37 Å². The van der Waals surface area contributed by atoms with Gasteiger partial charge in [0.15, 0.2) is 0 Å². The van der Waals surface area contributed by atoms with Crippen LogP contribution in [0.4, 0.5) is 0 Å². The predicted octanol–water partition coefficient (Wildman–Crippen LogP) is 1.80. The molecule has 0 aromatic rings. The molecule has 72 valence electrons. The molecule has 0 fully saturated rings. The number of rotatable bonds is 6. The van der Waals surface area contributed by atoms with Crippen LogP contribution in [0.3, 0.4) is 0 Å². The zero-order valence-corrected chi connectivity index (χ0v) is 8.34. The van der Waals surface area contributed by atoms with Crippen molar-refractivity contribution in [1.82, 2.24) is 0 Å². The minimum Gasteiger partial charge on any atom is -0.481 e. The molecule has 0 saturated heterocycles. The van der Waals surface area contributed by atoms with E-state index in [-0.39, 0.29) is 6.16 Å². The zero-order chi connectivity index (χ0) is 9.61. The van der Waals surface area contributed by atoms with Crippen molar-refractivity contribution < 1.29 is 19.0 Å². The normalized spacial score (nSPS) is 15.5. The number of aliphatic carboxylic acids is 1. The van der Waals surface area contributed by atoms with E-state index in [1.165, 1.54) is 0 Å². The first-order valence-electron chi connectivity index (χ1n) is 3.98. The molecule has 5 heteroatoms. The molecule has 0 aromatic carbocycles. The second-order valence-corrected chi connectivity index (χ2v) is 5.16. The van der Waals surface area contributed by atoms with Gasteiger partial charge in [-0.25, -0.2) is 0 Å². The molecule has 0 radical (unpaired) electrons. The van der Waals surface area contributed by atoms with E-state index in [9.17, 15) is 9.36 Å². The molecule has 0 rings (SSSR count). The maximum atomic E-state index is 11.6. The first kappa shape index (κ1) is 11.7. The van der Waals surface area contributed by atoms with Crippen molar-refractivity contribution >= 4 is 13.3 Å². The van der Waals surface area contributed by atoms with Gasteiger partial charge in [0.25, 0.3) is 0 Å². The molecule has 1 atom stereocenters. The van der Waals surface area contributed by atoms with Crippen LogP contribution in [-0.4, -0.2) is 30.0 Å². The van der Waals surface area contributed by atoms with Crippen LogP contribution in [0.2, 0.25) is 0 Å². The van der Waals surface area contributed by atoms with Gasteiger partial charge in [0.05, 0.1) is 6.61 Å². The zero-order valence-electron chi connectivity index (χ0n) is 7.45. The van der Waals surface area contributed by atoms with Gasteiger partial charge in [-0.3, -0.25) is 9.36 Å². The van der Waals surface area contributed by atoms with Gasteiger partial charge in [-0.1, -0.05) is 6.92 Å². The van der Waals surface area contributed by atoms with Crippen molar-refractivity contribution in [1.29, 1.82) is 0 Å². The first-order chi connectivity index (χ1) is 5.54. The van der Waals surface area contributed by atoms with Crippen LogP contribution in [0.15, 0.2) is 0 Å². The number of carboxylic acid groups (broad SMARTS) is 1. The lowest BCUT2D eigenvalue weighted by Crippen LogP contribution is -2.08. The fourth-order valence-corrected chi connectivity index (χ4v) is 2.91. The third-order valence-electron chi connectivity index (χ3n) is 1.30. The molecule has 4 nitrogen and oxygen atoms in total. The van der Waals surface area contributed by atoms with Crippen LogP contribution < -0.4 is 0 Å². The van der Waals surface area contributed by atoms with Crippen LogP contribution in [0.25, 0.3) is 0 Å². The van der Waals surface area contributed by atoms with E-state index in [0.717, 1.165) is 0 Å². The molecule has 0 aromatic heterocycles.